The van der Waals surface area contributed by atoms with E-state index in [2.05, 4.69) is 10.2 Å². The second-order valence-corrected chi connectivity index (χ2v) is 4.39. The molecule has 0 saturated carbocycles. The van der Waals surface area contributed by atoms with Crippen molar-refractivity contribution >= 4 is 16.9 Å². The van der Waals surface area contributed by atoms with Gasteiger partial charge in [0.25, 0.3) is 0 Å². The lowest BCUT2D eigenvalue weighted by atomic mass is 10.1. The van der Waals surface area contributed by atoms with E-state index in [-0.39, 0.29) is 5.69 Å². The molecule has 3 aromatic rings. The van der Waals surface area contributed by atoms with E-state index in [1.807, 2.05) is 19.1 Å². The van der Waals surface area contributed by atoms with Gasteiger partial charge < -0.3 is 14.3 Å². The summed E-state index contributed by atoms with van der Waals surface area (Å²) >= 11 is 0. The van der Waals surface area contributed by atoms with Gasteiger partial charge in [-0.2, -0.15) is 5.10 Å². The van der Waals surface area contributed by atoms with Crippen molar-refractivity contribution in [2.24, 2.45) is 0 Å². The quantitative estimate of drug-likeness (QED) is 0.765. The number of methoxy groups -OCH3 is 1. The van der Waals surface area contributed by atoms with Crippen LogP contribution in [-0.2, 0) is 0 Å². The van der Waals surface area contributed by atoms with E-state index in [4.69, 9.17) is 14.3 Å². The lowest BCUT2D eigenvalue weighted by Crippen LogP contribution is -1.95. The van der Waals surface area contributed by atoms with Crippen molar-refractivity contribution in [3.05, 3.63) is 35.7 Å². The first-order valence-electron chi connectivity index (χ1n) is 5.96. The molecular formula is C14H12N2O4. The minimum atomic E-state index is -1.04. The maximum Gasteiger partial charge on any atom is 0.353 e. The van der Waals surface area contributed by atoms with Gasteiger partial charge in [0.05, 0.1) is 12.8 Å². The number of aromatic amines is 1. The summed E-state index contributed by atoms with van der Waals surface area (Å²) in [5.41, 5.74) is 2.02. The highest BCUT2D eigenvalue weighted by atomic mass is 16.5. The number of furan rings is 1. The summed E-state index contributed by atoms with van der Waals surface area (Å²) in [5, 5.41) is 16.3. The Bertz CT molecular complexity index is 801. The minimum Gasteiger partial charge on any atom is -0.493 e. The Morgan fingerprint density at radius 1 is 1.40 bits per heavy atom. The van der Waals surface area contributed by atoms with E-state index >= 15 is 0 Å². The van der Waals surface area contributed by atoms with Crippen LogP contribution in [0.2, 0.25) is 0 Å². The lowest BCUT2D eigenvalue weighted by Gasteiger charge is -2.03. The third-order valence-corrected chi connectivity index (χ3v) is 3.07. The van der Waals surface area contributed by atoms with Crippen LogP contribution in [0.25, 0.3) is 22.2 Å². The van der Waals surface area contributed by atoms with Gasteiger partial charge in [-0.15, -0.1) is 0 Å². The first-order chi connectivity index (χ1) is 9.60. The minimum absolute atomic E-state index is 0.0455. The van der Waals surface area contributed by atoms with E-state index in [9.17, 15) is 4.79 Å². The largest absolute Gasteiger partial charge is 0.493 e. The van der Waals surface area contributed by atoms with Crippen LogP contribution in [0.15, 0.2) is 28.7 Å². The highest BCUT2D eigenvalue weighted by molar-refractivity contribution is 5.97. The molecule has 1 aromatic carbocycles. The second-order valence-electron chi connectivity index (χ2n) is 4.39. The third-order valence-electron chi connectivity index (χ3n) is 3.07. The van der Waals surface area contributed by atoms with Gasteiger partial charge in [0.15, 0.2) is 11.3 Å². The Morgan fingerprint density at radius 2 is 2.20 bits per heavy atom. The van der Waals surface area contributed by atoms with Crippen molar-refractivity contribution in [3.63, 3.8) is 0 Å². The average molecular weight is 272 g/mol. The molecule has 0 amide bonds. The third kappa shape index (κ3) is 1.82. The Morgan fingerprint density at radius 3 is 2.85 bits per heavy atom. The summed E-state index contributed by atoms with van der Waals surface area (Å²) < 4.78 is 10.9. The zero-order valence-corrected chi connectivity index (χ0v) is 10.9. The van der Waals surface area contributed by atoms with Crippen molar-refractivity contribution in [2.45, 2.75) is 6.92 Å². The number of benzene rings is 1. The maximum atomic E-state index is 10.9. The fourth-order valence-corrected chi connectivity index (χ4v) is 2.18. The van der Waals surface area contributed by atoms with Crippen molar-refractivity contribution in [1.82, 2.24) is 10.2 Å². The standard InChI is InChI=1S/C14H12N2O4/c1-7-5-9-8(3-4-12(19-2)13(9)20-7)10-6-11(14(17)18)16-15-10/h3-6H,1-2H3,(H,15,16)(H,17,18). The number of H-pyrrole nitrogens is 1. The van der Waals surface area contributed by atoms with Gasteiger partial charge in [-0.1, -0.05) is 0 Å². The fourth-order valence-electron chi connectivity index (χ4n) is 2.18. The van der Waals surface area contributed by atoms with E-state index in [0.29, 0.717) is 17.0 Å². The number of hydrogen-bond acceptors (Lipinski definition) is 4. The van der Waals surface area contributed by atoms with Gasteiger partial charge in [0, 0.05) is 10.9 Å². The zero-order chi connectivity index (χ0) is 14.3. The van der Waals surface area contributed by atoms with Gasteiger partial charge in [0.2, 0.25) is 0 Å². The number of carbonyl (C=O) groups is 1. The van der Waals surface area contributed by atoms with Crippen molar-refractivity contribution in [1.29, 1.82) is 0 Å². The Balaban J connectivity index is 2.22. The number of rotatable bonds is 3. The molecule has 0 unspecified atom stereocenters. The topological polar surface area (TPSA) is 88.4 Å². The molecule has 102 valence electrons. The number of hydrogen-bond donors (Lipinski definition) is 2. The summed E-state index contributed by atoms with van der Waals surface area (Å²) in [6.45, 7) is 1.84. The number of aryl methyl sites for hydroxylation is 1. The van der Waals surface area contributed by atoms with E-state index < -0.39 is 5.97 Å². The normalized spacial score (nSPS) is 10.9. The molecule has 0 aliphatic heterocycles. The summed E-state index contributed by atoms with van der Waals surface area (Å²) in [5.74, 6) is 0.336. The number of aromatic nitrogens is 2. The number of carboxylic acid groups (broad SMARTS) is 1. The number of aromatic carboxylic acids is 1. The SMILES string of the molecule is COc1ccc(-c2cc(C(=O)O)[nH]n2)c2cc(C)oc12. The monoisotopic (exact) mass is 272 g/mol. The van der Waals surface area contributed by atoms with Crippen molar-refractivity contribution < 1.29 is 19.1 Å². The van der Waals surface area contributed by atoms with Gasteiger partial charge in [-0.25, -0.2) is 4.79 Å². The van der Waals surface area contributed by atoms with Crippen molar-refractivity contribution in [2.75, 3.05) is 7.11 Å². The number of ether oxygens (including phenoxy) is 1. The zero-order valence-electron chi connectivity index (χ0n) is 10.9. The van der Waals surface area contributed by atoms with Crippen LogP contribution >= 0.6 is 0 Å². The van der Waals surface area contributed by atoms with E-state index in [1.54, 1.807) is 13.2 Å². The second kappa shape index (κ2) is 4.41. The average Bonchev–Trinajstić information content (AvgIpc) is 3.02. The first kappa shape index (κ1) is 12.3. The van der Waals surface area contributed by atoms with Crippen LogP contribution in [0.3, 0.4) is 0 Å². The highest BCUT2D eigenvalue weighted by Gasteiger charge is 2.16. The molecule has 20 heavy (non-hydrogen) atoms. The van der Waals surface area contributed by atoms with Crippen LogP contribution < -0.4 is 4.74 Å². The summed E-state index contributed by atoms with van der Waals surface area (Å²) in [4.78, 5) is 10.9. The summed E-state index contributed by atoms with van der Waals surface area (Å²) in [6.07, 6.45) is 0. The number of nitrogens with one attached hydrogen (secondary N) is 1. The van der Waals surface area contributed by atoms with Gasteiger partial charge >= 0.3 is 5.97 Å². The van der Waals surface area contributed by atoms with Crippen LogP contribution in [0.4, 0.5) is 0 Å². The van der Waals surface area contributed by atoms with Gasteiger partial charge in [-0.05, 0) is 31.2 Å². The van der Waals surface area contributed by atoms with Crippen molar-refractivity contribution in [3.8, 4) is 17.0 Å². The summed E-state index contributed by atoms with van der Waals surface area (Å²) in [6, 6.07) is 6.97. The summed E-state index contributed by atoms with van der Waals surface area (Å²) in [7, 11) is 1.57. The molecule has 2 N–H and O–H groups in total. The molecule has 0 fully saturated rings. The molecule has 6 heteroatoms. The molecule has 0 spiro atoms. The molecule has 0 atom stereocenters. The molecule has 2 aromatic heterocycles. The van der Waals surface area contributed by atoms with E-state index in [1.165, 1.54) is 6.07 Å². The Kier molecular flexibility index (Phi) is 2.71. The fraction of sp³-hybridized carbons (Fsp3) is 0.143. The Labute approximate surface area is 114 Å². The molecule has 2 heterocycles. The molecule has 0 radical (unpaired) electrons. The van der Waals surface area contributed by atoms with Crippen LogP contribution in [0.1, 0.15) is 16.2 Å². The molecule has 0 aliphatic rings. The Hall–Kier alpha value is -2.76. The molecule has 6 nitrogen and oxygen atoms in total. The predicted molar refractivity (Wildman–Crippen MR) is 72.0 cm³/mol. The molecule has 3 rings (SSSR count). The molecule has 0 aliphatic carbocycles. The maximum absolute atomic E-state index is 10.9. The molecular weight excluding hydrogens is 260 g/mol. The smallest absolute Gasteiger partial charge is 0.353 e. The van der Waals surface area contributed by atoms with Crippen LogP contribution in [-0.4, -0.2) is 28.4 Å². The van der Waals surface area contributed by atoms with E-state index in [0.717, 1.165) is 16.7 Å². The number of fused-ring (bicyclic) bond motifs is 1. The van der Waals surface area contributed by atoms with Gasteiger partial charge in [0.1, 0.15) is 11.5 Å². The molecule has 0 saturated heterocycles. The lowest BCUT2D eigenvalue weighted by molar-refractivity contribution is 0.0690. The first-order valence-corrected chi connectivity index (χ1v) is 5.96. The predicted octanol–water partition coefficient (Wildman–Crippen LogP) is 2.84. The molecule has 0 bridgehead atoms. The highest BCUT2D eigenvalue weighted by Crippen LogP contribution is 2.35. The van der Waals surface area contributed by atoms with Crippen LogP contribution in [0.5, 0.6) is 5.75 Å². The van der Waals surface area contributed by atoms with Gasteiger partial charge in [-0.3, -0.25) is 5.10 Å². The number of carboxylic acids is 1. The van der Waals surface area contributed by atoms with Crippen LogP contribution in [0, 0.1) is 6.92 Å². The number of nitrogens with zero attached hydrogens (tertiary/aromatic N) is 1.